The molecule has 0 spiro atoms. The summed E-state index contributed by atoms with van der Waals surface area (Å²) in [5.74, 6) is 0. The second-order valence-corrected chi connectivity index (χ2v) is 10.8. The molecule has 0 N–H and O–H groups in total. The summed E-state index contributed by atoms with van der Waals surface area (Å²) in [5, 5.41) is 8.82. The van der Waals surface area contributed by atoms with Crippen LogP contribution >= 0.6 is 0 Å². The molecule has 8 aromatic rings. The van der Waals surface area contributed by atoms with Crippen molar-refractivity contribution in [2.75, 3.05) is 0 Å². The van der Waals surface area contributed by atoms with Crippen LogP contribution in [-0.4, -0.2) is 9.13 Å². The fraction of sp³-hybridized carbons (Fsp3) is 0.0500. The fourth-order valence-electron chi connectivity index (χ4n) is 6.85. The van der Waals surface area contributed by atoms with Gasteiger partial charge in [-0.05, 0) is 78.9 Å². The molecule has 0 aliphatic heterocycles. The Bertz CT molecular complexity index is 2410. The van der Waals surface area contributed by atoms with Crippen LogP contribution in [0.15, 0.2) is 133 Å². The van der Waals surface area contributed by atoms with Crippen molar-refractivity contribution < 1.29 is 0 Å². The quantitative estimate of drug-likeness (QED) is 0.212. The van der Waals surface area contributed by atoms with Gasteiger partial charge < -0.3 is 9.13 Å². The highest BCUT2D eigenvalue weighted by Gasteiger charge is 2.18. The molecule has 2 aromatic heterocycles. The van der Waals surface area contributed by atoms with E-state index in [1.807, 2.05) is 0 Å². The van der Waals surface area contributed by atoms with Crippen molar-refractivity contribution in [3.63, 3.8) is 0 Å². The van der Waals surface area contributed by atoms with Crippen molar-refractivity contribution in [1.82, 2.24) is 9.13 Å². The zero-order valence-corrected chi connectivity index (χ0v) is 23.8. The van der Waals surface area contributed by atoms with Crippen molar-refractivity contribution in [3.05, 3.63) is 144 Å². The van der Waals surface area contributed by atoms with Gasteiger partial charge in [-0.2, -0.15) is 0 Å². The summed E-state index contributed by atoms with van der Waals surface area (Å²) in [6.45, 7) is 4.27. The average molecular weight is 539 g/mol. The normalized spacial score (nSPS) is 12.8. The van der Waals surface area contributed by atoms with Crippen molar-refractivity contribution in [2.45, 2.75) is 13.8 Å². The molecule has 0 saturated heterocycles. The summed E-state index contributed by atoms with van der Waals surface area (Å²) in [5.41, 5.74) is 8.54. The molecule has 6 aromatic carbocycles. The number of hydrogen-bond donors (Lipinski definition) is 0. The minimum absolute atomic E-state index is 1.18. The molecular formula is C40H30N2. The zero-order valence-electron chi connectivity index (χ0n) is 23.8. The second kappa shape index (κ2) is 9.64. The summed E-state index contributed by atoms with van der Waals surface area (Å²) >= 11 is 0. The van der Waals surface area contributed by atoms with E-state index in [4.69, 9.17) is 0 Å². The second-order valence-electron chi connectivity index (χ2n) is 10.8. The van der Waals surface area contributed by atoms with E-state index in [0.717, 1.165) is 0 Å². The van der Waals surface area contributed by atoms with Crippen LogP contribution in [0.4, 0.5) is 0 Å². The molecule has 2 heteroatoms. The molecule has 0 unspecified atom stereocenters. The van der Waals surface area contributed by atoms with Crippen LogP contribution in [0, 0.1) is 0 Å². The predicted molar refractivity (Wildman–Crippen MR) is 180 cm³/mol. The topological polar surface area (TPSA) is 9.86 Å². The molecule has 0 amide bonds. The highest BCUT2D eigenvalue weighted by Crippen LogP contribution is 2.41. The first-order valence-electron chi connectivity index (χ1n) is 14.6. The van der Waals surface area contributed by atoms with Crippen LogP contribution in [0.5, 0.6) is 0 Å². The van der Waals surface area contributed by atoms with E-state index in [0.29, 0.717) is 0 Å². The van der Waals surface area contributed by atoms with Gasteiger partial charge in [0.15, 0.2) is 0 Å². The van der Waals surface area contributed by atoms with Gasteiger partial charge in [0.1, 0.15) is 0 Å². The van der Waals surface area contributed by atoms with Gasteiger partial charge in [-0.1, -0.05) is 97.1 Å². The van der Waals surface area contributed by atoms with E-state index in [9.17, 15) is 0 Å². The number of hydrogen-bond acceptors (Lipinski definition) is 0. The highest BCUT2D eigenvalue weighted by molar-refractivity contribution is 6.22. The fourth-order valence-corrected chi connectivity index (χ4v) is 6.85. The largest absolute Gasteiger partial charge is 0.310 e. The van der Waals surface area contributed by atoms with Gasteiger partial charge >= 0.3 is 0 Å². The third-order valence-corrected chi connectivity index (χ3v) is 8.62. The summed E-state index contributed by atoms with van der Waals surface area (Å²) in [6.07, 6.45) is 4.47. The molecule has 0 bridgehead atoms. The molecule has 0 aliphatic rings. The Hall–Kier alpha value is -5.34. The van der Waals surface area contributed by atoms with Crippen molar-refractivity contribution in [3.8, 4) is 22.5 Å². The van der Waals surface area contributed by atoms with Gasteiger partial charge in [0.25, 0.3) is 0 Å². The van der Waals surface area contributed by atoms with Gasteiger partial charge in [0.05, 0.1) is 16.6 Å². The van der Waals surface area contributed by atoms with Gasteiger partial charge in [-0.3, -0.25) is 0 Å². The smallest absolute Gasteiger partial charge is 0.0619 e. The molecular weight excluding hydrogens is 508 g/mol. The molecule has 2 heterocycles. The van der Waals surface area contributed by atoms with Crippen LogP contribution in [0.2, 0.25) is 0 Å². The number of fused-ring (bicyclic) bond motifs is 6. The Kier molecular flexibility index (Phi) is 5.61. The lowest BCUT2D eigenvalue weighted by Gasteiger charge is -2.13. The first-order valence-corrected chi connectivity index (χ1v) is 14.6. The number of nitrogens with zero attached hydrogens (tertiary/aromatic N) is 2. The number of rotatable bonds is 3. The molecule has 8 rings (SSSR count). The summed E-state index contributed by atoms with van der Waals surface area (Å²) in [6, 6.07) is 48.4. The molecule has 0 atom stereocenters. The summed E-state index contributed by atoms with van der Waals surface area (Å²) in [7, 11) is 0. The van der Waals surface area contributed by atoms with Crippen molar-refractivity contribution >= 4 is 55.6 Å². The van der Waals surface area contributed by atoms with E-state index >= 15 is 0 Å². The molecule has 42 heavy (non-hydrogen) atoms. The van der Waals surface area contributed by atoms with E-state index in [1.54, 1.807) is 0 Å². The maximum absolute atomic E-state index is 2.42. The Balaban J connectivity index is 1.48. The Morgan fingerprint density at radius 2 is 1.05 bits per heavy atom. The molecule has 2 nitrogen and oxygen atoms in total. The van der Waals surface area contributed by atoms with Gasteiger partial charge in [0.2, 0.25) is 0 Å². The summed E-state index contributed by atoms with van der Waals surface area (Å²) < 4.78 is 4.80. The summed E-state index contributed by atoms with van der Waals surface area (Å²) in [4.78, 5) is 0. The van der Waals surface area contributed by atoms with Crippen LogP contribution in [0.25, 0.3) is 78.1 Å². The van der Waals surface area contributed by atoms with E-state index in [2.05, 4.69) is 169 Å². The lowest BCUT2D eigenvalue weighted by atomic mass is 9.94. The molecule has 0 aliphatic carbocycles. The lowest BCUT2D eigenvalue weighted by molar-refractivity contribution is 1.07. The third-order valence-electron chi connectivity index (χ3n) is 8.62. The monoisotopic (exact) mass is 538 g/mol. The Morgan fingerprint density at radius 1 is 0.452 bits per heavy atom. The average Bonchev–Trinajstić information content (AvgIpc) is 3.57. The van der Waals surface area contributed by atoms with Crippen LogP contribution in [-0.2, 0) is 0 Å². The highest BCUT2D eigenvalue weighted by atomic mass is 15.0. The molecule has 200 valence electrons. The van der Waals surface area contributed by atoms with Gasteiger partial charge in [-0.15, -0.1) is 0 Å². The number of benzene rings is 6. The maximum atomic E-state index is 2.42. The third kappa shape index (κ3) is 3.52. The first kappa shape index (κ1) is 24.5. The predicted octanol–water partition coefficient (Wildman–Crippen LogP) is 9.15. The number of aromatic nitrogens is 2. The van der Waals surface area contributed by atoms with E-state index in [-0.39, 0.29) is 0 Å². The first-order chi connectivity index (χ1) is 20.8. The van der Waals surface area contributed by atoms with Crippen LogP contribution in [0.1, 0.15) is 13.8 Å². The lowest BCUT2D eigenvalue weighted by Crippen LogP contribution is -2.27. The van der Waals surface area contributed by atoms with Crippen molar-refractivity contribution in [1.29, 1.82) is 0 Å². The standard InChI is InChI=1S/C40H30N2/c1-3-30-35-25-27(23-24-39(35)41(37(30)4-2)28-15-7-5-8-16-28)34-26-36-32-20-13-14-22-38(32)42(29-17-9-6-10-18-29)40(36)33-21-12-11-19-31(33)34/h3-26H,1-2H3/b30-3-,37-4+. The van der Waals surface area contributed by atoms with E-state index < -0.39 is 0 Å². The minimum atomic E-state index is 1.18. The van der Waals surface area contributed by atoms with Crippen molar-refractivity contribution in [2.24, 2.45) is 0 Å². The zero-order chi connectivity index (χ0) is 28.2. The Labute approximate surface area is 244 Å². The van der Waals surface area contributed by atoms with Crippen LogP contribution in [0.3, 0.4) is 0 Å². The molecule has 0 saturated carbocycles. The van der Waals surface area contributed by atoms with E-state index in [1.165, 1.54) is 76.6 Å². The molecule has 0 radical (unpaired) electrons. The Morgan fingerprint density at radius 3 is 1.74 bits per heavy atom. The molecule has 0 fully saturated rings. The minimum Gasteiger partial charge on any atom is -0.310 e. The van der Waals surface area contributed by atoms with Gasteiger partial charge in [0, 0.05) is 43.5 Å². The SMILES string of the molecule is C/C=c1\c(=C/C)n(-c2ccccc2)c2ccc(-c3cc4c5ccccc5n(-c5ccccc5)c4c4ccccc34)cc12. The number of para-hydroxylation sites is 3. The van der Waals surface area contributed by atoms with Gasteiger partial charge in [-0.25, -0.2) is 0 Å². The maximum Gasteiger partial charge on any atom is 0.0619 e. The van der Waals surface area contributed by atoms with Crippen LogP contribution < -0.4 is 10.6 Å².